The number of amides is 8. The maximum absolute atomic E-state index is 14.2. The van der Waals surface area contributed by atoms with Gasteiger partial charge in [-0.3, -0.25) is 47.9 Å². The number of nitrogens with one attached hydrogen (secondary N) is 10. The molecule has 0 saturated carbocycles. The van der Waals surface area contributed by atoms with Gasteiger partial charge in [-0.05, 0) is 108 Å². The van der Waals surface area contributed by atoms with Crippen LogP contribution >= 0.6 is 0 Å². The molecule has 8 amide bonds. The van der Waals surface area contributed by atoms with Crippen molar-refractivity contribution in [1.82, 2.24) is 73.1 Å². The smallest absolute Gasteiger partial charge is 0.326 e. The lowest BCUT2D eigenvalue weighted by Gasteiger charge is -2.25. The molecule has 0 spiro atoms. The molecule has 2 aromatic carbocycles. The van der Waals surface area contributed by atoms with Gasteiger partial charge >= 0.3 is 5.97 Å². The number of benzene rings is 2. The monoisotopic (exact) mass is 1230 g/mol. The van der Waals surface area contributed by atoms with Crippen LogP contribution in [-0.4, -0.2) is 206 Å². The van der Waals surface area contributed by atoms with Gasteiger partial charge in [0.1, 0.15) is 36.3 Å². The first-order valence-corrected chi connectivity index (χ1v) is 30.8. The molecule has 1 saturated heterocycles. The van der Waals surface area contributed by atoms with E-state index in [1.807, 2.05) is 6.07 Å². The summed E-state index contributed by atoms with van der Waals surface area (Å²) in [4.78, 5) is 126. The zero-order valence-corrected chi connectivity index (χ0v) is 50.7. The van der Waals surface area contributed by atoms with Crippen LogP contribution in [0.5, 0.6) is 0 Å². The number of rotatable bonds is 42. The fourth-order valence-corrected chi connectivity index (χ4v) is 9.64. The zero-order valence-electron chi connectivity index (χ0n) is 50.7. The summed E-state index contributed by atoms with van der Waals surface area (Å²) in [6, 6.07) is 9.39. The summed E-state index contributed by atoms with van der Waals surface area (Å²) >= 11 is 0. The van der Waals surface area contributed by atoms with E-state index in [1.54, 1.807) is 65.5 Å². The number of aromatic nitrogens is 3. The highest BCUT2D eigenvalue weighted by Gasteiger charge is 2.32. The van der Waals surface area contributed by atoms with Crippen molar-refractivity contribution in [3.05, 3.63) is 83.7 Å². The highest BCUT2D eigenvalue weighted by Crippen LogP contribution is 2.11. The molecular formula is C59H97N19O10. The molecule has 29 nitrogen and oxygen atoms in total. The van der Waals surface area contributed by atoms with E-state index >= 15 is 0 Å². The second kappa shape index (κ2) is 42.4. The Morgan fingerprint density at radius 2 is 0.886 bits per heavy atom. The Balaban J connectivity index is 1.52. The van der Waals surface area contributed by atoms with Crippen molar-refractivity contribution < 1.29 is 48.3 Å². The number of aliphatic carboxylic acids is 1. The molecule has 1 fully saturated rings. The highest BCUT2D eigenvalue weighted by molar-refractivity contribution is 5.97. The van der Waals surface area contributed by atoms with Gasteiger partial charge < -0.3 is 86.9 Å². The average Bonchev–Trinajstić information content (AvgIpc) is 4.18. The Morgan fingerprint density at radius 3 is 1.39 bits per heavy atom. The lowest BCUT2D eigenvalue weighted by atomic mass is 10.0. The minimum Gasteiger partial charge on any atom is -0.480 e. The topological polar surface area (TPSA) is 458 Å². The summed E-state index contributed by atoms with van der Waals surface area (Å²) in [6.45, 7) is 6.12. The van der Waals surface area contributed by atoms with Gasteiger partial charge in [0.15, 0.2) is 0 Å². The summed E-state index contributed by atoms with van der Waals surface area (Å²) < 4.78 is 1.62. The van der Waals surface area contributed by atoms with E-state index in [0.29, 0.717) is 102 Å². The van der Waals surface area contributed by atoms with Crippen LogP contribution in [0.25, 0.3) is 0 Å². The molecule has 0 aliphatic carbocycles. The number of carboxylic acid groups (broad SMARTS) is 1. The molecule has 1 aliphatic rings. The minimum atomic E-state index is -1.40. The first-order valence-electron chi connectivity index (χ1n) is 30.8. The Bertz CT molecular complexity index is 2570. The lowest BCUT2D eigenvalue weighted by molar-refractivity contribution is -0.142. The molecule has 4 rings (SSSR count). The van der Waals surface area contributed by atoms with E-state index in [-0.39, 0.29) is 45.1 Å². The van der Waals surface area contributed by atoms with Gasteiger partial charge in [-0.15, -0.1) is 5.10 Å². The molecule has 0 radical (unpaired) electrons. The van der Waals surface area contributed by atoms with Crippen molar-refractivity contribution in [2.75, 3.05) is 85.1 Å². The van der Waals surface area contributed by atoms with Crippen LogP contribution in [0.15, 0.2) is 66.9 Å². The fraction of sp³-hybridized carbons (Fsp3) is 0.610. The van der Waals surface area contributed by atoms with Gasteiger partial charge in [-0.2, -0.15) is 0 Å². The molecule has 29 heteroatoms. The molecule has 88 heavy (non-hydrogen) atoms. The van der Waals surface area contributed by atoms with Crippen LogP contribution in [-0.2, 0) is 69.0 Å². The number of hydrogen-bond acceptors (Lipinski definition) is 19. The van der Waals surface area contributed by atoms with E-state index in [0.717, 1.165) is 44.8 Å². The summed E-state index contributed by atoms with van der Waals surface area (Å²) in [5.74, 6) is -7.15. The maximum atomic E-state index is 14.2. The van der Waals surface area contributed by atoms with Crippen LogP contribution in [0.1, 0.15) is 93.9 Å². The molecule has 488 valence electrons. The largest absolute Gasteiger partial charge is 0.480 e. The minimum absolute atomic E-state index is 0.0132. The third-order valence-corrected chi connectivity index (χ3v) is 14.7. The fourth-order valence-electron chi connectivity index (χ4n) is 9.64. The number of carboxylic acids is 1. The van der Waals surface area contributed by atoms with Crippen LogP contribution in [0, 0.1) is 0 Å². The number of hydrogen-bond donors (Lipinski definition) is 16. The predicted molar refractivity (Wildman–Crippen MR) is 331 cm³/mol. The first-order chi connectivity index (χ1) is 42.5. The average molecular weight is 1230 g/mol. The molecule has 7 atom stereocenters. The Labute approximate surface area is 515 Å². The number of nitrogens with two attached hydrogens (primary N) is 5. The number of nitrogens with zero attached hydrogens (tertiary/aromatic N) is 4. The normalized spacial score (nSPS) is 15.2. The molecule has 0 bridgehead atoms. The van der Waals surface area contributed by atoms with Crippen LogP contribution in [0.3, 0.4) is 0 Å². The lowest BCUT2D eigenvalue weighted by Crippen LogP contribution is -2.57. The second-order valence-electron chi connectivity index (χ2n) is 21.9. The standard InChI is InChI=1S/C59H97N19O10/c60-23-11-7-19-44(64)53(81)73-48(35-41-15-3-1-4-16-41)57(85)71-45(20-8-12-24-61)54(82)67-39-52(80)70-50(37-43-40-78(76-75-43)34-33-77-31-29-65-27-28-66-30-32-77)55(83)68-38-51(79)69-46(21-9-13-25-62)56(84)74-49(36-42-17-5-2-6-18-42)58(86)72-47(59(87)88)22-10-14-26-63/h1-6,15-18,40,44-50,65-66H,7-14,19-39,60-64H2,(H,67,82)(H,68,83)(H,69,79)(H,70,80)(H,71,85)(H,72,86)(H,73,81)(H,74,84)(H,87,88)/t44-,45-,46-,47-,48-,49-,50-/m0/s1. The van der Waals surface area contributed by atoms with Crippen LogP contribution in [0.4, 0.5) is 0 Å². The Morgan fingerprint density at radius 1 is 0.477 bits per heavy atom. The molecular weight excluding hydrogens is 1130 g/mol. The van der Waals surface area contributed by atoms with Crippen molar-refractivity contribution in [3.8, 4) is 0 Å². The zero-order chi connectivity index (χ0) is 63.9. The highest BCUT2D eigenvalue weighted by atomic mass is 16.4. The van der Waals surface area contributed by atoms with E-state index in [4.69, 9.17) is 28.7 Å². The summed E-state index contributed by atoms with van der Waals surface area (Å²) in [5.41, 5.74) is 30.7. The molecule has 1 aromatic heterocycles. The molecule has 2 heterocycles. The van der Waals surface area contributed by atoms with Crippen molar-refractivity contribution >= 4 is 53.2 Å². The van der Waals surface area contributed by atoms with Crippen LogP contribution < -0.4 is 81.8 Å². The van der Waals surface area contributed by atoms with Gasteiger partial charge in [0.25, 0.3) is 0 Å². The Kier molecular flexibility index (Phi) is 35.1. The van der Waals surface area contributed by atoms with Gasteiger partial charge in [-0.1, -0.05) is 72.3 Å². The van der Waals surface area contributed by atoms with Gasteiger partial charge in [0.05, 0.1) is 31.4 Å². The summed E-state index contributed by atoms with van der Waals surface area (Å²) in [5, 5.41) is 46.4. The number of carbonyl (C=O) groups excluding carboxylic acids is 8. The molecule has 3 aromatic rings. The van der Waals surface area contributed by atoms with Crippen molar-refractivity contribution in [3.63, 3.8) is 0 Å². The predicted octanol–water partition coefficient (Wildman–Crippen LogP) is -4.13. The Hall–Kier alpha value is -7.51. The van der Waals surface area contributed by atoms with Crippen molar-refractivity contribution in [1.29, 1.82) is 0 Å². The third kappa shape index (κ3) is 29.0. The molecule has 0 unspecified atom stereocenters. The molecule has 1 aliphatic heterocycles. The van der Waals surface area contributed by atoms with Crippen molar-refractivity contribution in [2.24, 2.45) is 28.7 Å². The van der Waals surface area contributed by atoms with E-state index in [2.05, 4.69) is 68.4 Å². The van der Waals surface area contributed by atoms with E-state index in [9.17, 15) is 48.3 Å². The van der Waals surface area contributed by atoms with Gasteiger partial charge in [0, 0.05) is 71.3 Å². The summed E-state index contributed by atoms with van der Waals surface area (Å²) in [6.07, 6.45) is 6.20. The second-order valence-corrected chi connectivity index (χ2v) is 21.9. The number of unbranched alkanes of at least 4 members (excludes halogenated alkanes) is 4. The number of carbonyl (C=O) groups is 9. The first kappa shape index (κ1) is 73.0. The van der Waals surface area contributed by atoms with Gasteiger partial charge in [0.2, 0.25) is 47.3 Å². The third-order valence-electron chi connectivity index (χ3n) is 14.7. The maximum Gasteiger partial charge on any atom is 0.326 e. The molecule has 21 N–H and O–H groups in total. The van der Waals surface area contributed by atoms with Crippen LogP contribution in [0.2, 0.25) is 0 Å². The van der Waals surface area contributed by atoms with Gasteiger partial charge in [-0.25, -0.2) is 4.79 Å². The van der Waals surface area contributed by atoms with E-state index < -0.39 is 109 Å². The van der Waals surface area contributed by atoms with Crippen molar-refractivity contribution in [2.45, 2.75) is 145 Å². The summed E-state index contributed by atoms with van der Waals surface area (Å²) in [7, 11) is 0. The SMILES string of the molecule is NCCCC[C@H](NC(=O)[C@H](Cc1ccccc1)NC(=O)[C@H](CCCCN)NC(=O)CNC(=O)[C@H](Cc1cn(CCN2CCNCCNCC2)nn1)NC(=O)CNC(=O)[C@H](CCCCN)NC(=O)[C@H](Cc1ccccc1)NC(=O)[C@@H](N)CCCCN)C(=O)O. The van der Waals surface area contributed by atoms with E-state index in [1.165, 1.54) is 0 Å². The quantitative estimate of drug-likeness (QED) is 0.0240.